The summed E-state index contributed by atoms with van der Waals surface area (Å²) in [6.07, 6.45) is 18.9. The Labute approximate surface area is 222 Å². The van der Waals surface area contributed by atoms with Gasteiger partial charge >= 0.3 is 0 Å². The van der Waals surface area contributed by atoms with E-state index in [0.717, 1.165) is 48.3 Å². The zero-order valence-corrected chi connectivity index (χ0v) is 22.9. The quantitative estimate of drug-likeness (QED) is 0.357. The molecule has 202 valence electrons. The molecule has 0 radical (unpaired) electrons. The Kier molecular flexibility index (Phi) is 7.43. The molecule has 1 aromatic heterocycles. The van der Waals surface area contributed by atoms with Crippen molar-refractivity contribution in [3.05, 3.63) is 65.3 Å². The van der Waals surface area contributed by atoms with Gasteiger partial charge in [0.15, 0.2) is 0 Å². The van der Waals surface area contributed by atoms with Crippen LogP contribution in [0.2, 0.25) is 0 Å². The minimum Gasteiger partial charge on any atom is -0.393 e. The normalized spacial score (nSPS) is 37.3. The van der Waals surface area contributed by atoms with Crippen LogP contribution in [0.5, 0.6) is 0 Å². The number of aromatic amines is 1. The maximum Gasteiger partial charge on any atom is 0.115 e. The van der Waals surface area contributed by atoms with Crippen molar-refractivity contribution in [3.63, 3.8) is 0 Å². The van der Waals surface area contributed by atoms with Crippen LogP contribution in [0.4, 0.5) is 0 Å². The van der Waals surface area contributed by atoms with E-state index in [1.54, 1.807) is 0 Å². The lowest BCUT2D eigenvalue weighted by Gasteiger charge is -2.44. The zero-order valence-electron chi connectivity index (χ0n) is 22.9. The van der Waals surface area contributed by atoms with Crippen LogP contribution in [0.1, 0.15) is 90.1 Å². The molecular formula is C32H46N2O3. The molecule has 4 fully saturated rings. The second-order valence-electron chi connectivity index (χ2n) is 12.6. The third-order valence-electron chi connectivity index (χ3n) is 10.4. The summed E-state index contributed by atoms with van der Waals surface area (Å²) in [4.78, 5) is 8.02. The molecule has 5 heteroatoms. The largest absolute Gasteiger partial charge is 0.393 e. The molecule has 4 saturated carbocycles. The average Bonchev–Trinajstić information content (AvgIpc) is 3.39. The van der Waals surface area contributed by atoms with Gasteiger partial charge in [-0.3, -0.25) is 0 Å². The molecular weight excluding hydrogens is 460 g/mol. The Hall–Kier alpha value is -1.95. The molecule has 0 unspecified atom stereocenters. The predicted octanol–water partition coefficient (Wildman–Crippen LogP) is 5.70. The molecule has 7 atom stereocenters. The minimum atomic E-state index is -0.639. The van der Waals surface area contributed by atoms with Crippen molar-refractivity contribution in [3.8, 4) is 0 Å². The Balaban J connectivity index is 1.28. The van der Waals surface area contributed by atoms with Crippen molar-refractivity contribution >= 4 is 0 Å². The molecule has 1 aromatic rings. The molecule has 5 nitrogen and oxygen atoms in total. The van der Waals surface area contributed by atoms with E-state index in [2.05, 4.69) is 61.6 Å². The van der Waals surface area contributed by atoms with Crippen LogP contribution in [-0.2, 0) is 11.8 Å². The van der Waals surface area contributed by atoms with E-state index in [1.807, 2.05) is 6.20 Å². The summed E-state index contributed by atoms with van der Waals surface area (Å²) in [5.41, 5.74) is 4.42. The van der Waals surface area contributed by atoms with Gasteiger partial charge in [-0.25, -0.2) is 4.98 Å². The summed E-state index contributed by atoms with van der Waals surface area (Å²) < 4.78 is 0. The lowest BCUT2D eigenvalue weighted by Crippen LogP contribution is -2.35. The number of rotatable bonds is 7. The number of aliphatic hydroxyl groups excluding tert-OH is 3. The van der Waals surface area contributed by atoms with Crippen LogP contribution in [0.15, 0.2) is 53.8 Å². The van der Waals surface area contributed by atoms with Gasteiger partial charge in [0.25, 0.3) is 0 Å². The molecule has 0 saturated heterocycles. The van der Waals surface area contributed by atoms with Crippen LogP contribution >= 0.6 is 0 Å². The molecule has 37 heavy (non-hydrogen) atoms. The summed E-state index contributed by atoms with van der Waals surface area (Å²) in [5, 5.41) is 31.5. The predicted molar refractivity (Wildman–Crippen MR) is 148 cm³/mol. The maximum atomic E-state index is 11.2. The second kappa shape index (κ2) is 10.3. The summed E-state index contributed by atoms with van der Waals surface area (Å²) in [5.74, 6) is 2.51. The third kappa shape index (κ3) is 4.95. The molecule has 1 heterocycles. The van der Waals surface area contributed by atoms with Gasteiger partial charge in [0.05, 0.1) is 23.7 Å². The summed E-state index contributed by atoms with van der Waals surface area (Å²) in [6.45, 7) is 11.0. The van der Waals surface area contributed by atoms with Crippen molar-refractivity contribution in [1.29, 1.82) is 0 Å². The van der Waals surface area contributed by atoms with Crippen molar-refractivity contribution in [1.82, 2.24) is 9.97 Å². The molecule has 5 rings (SSSR count). The highest BCUT2D eigenvalue weighted by atomic mass is 16.3. The fourth-order valence-corrected chi connectivity index (χ4v) is 7.81. The van der Waals surface area contributed by atoms with E-state index in [0.29, 0.717) is 30.6 Å². The molecule has 4 aliphatic carbocycles. The van der Waals surface area contributed by atoms with E-state index >= 15 is 0 Å². The molecule has 0 aromatic carbocycles. The fourth-order valence-electron chi connectivity index (χ4n) is 7.81. The van der Waals surface area contributed by atoms with E-state index in [-0.39, 0.29) is 10.8 Å². The van der Waals surface area contributed by atoms with Gasteiger partial charge in [-0.2, -0.15) is 0 Å². The minimum absolute atomic E-state index is 0.232. The van der Waals surface area contributed by atoms with Crippen LogP contribution < -0.4 is 0 Å². The topological polar surface area (TPSA) is 89.4 Å². The first-order chi connectivity index (χ1) is 17.7. The molecule has 4 aliphatic rings. The number of nitrogens with zero attached hydrogens (tertiary/aromatic N) is 1. The smallest absolute Gasteiger partial charge is 0.115 e. The number of aryl methyl sites for hydroxylation is 1. The third-order valence-corrected chi connectivity index (χ3v) is 10.4. The van der Waals surface area contributed by atoms with Crippen LogP contribution in [0.3, 0.4) is 0 Å². The Bertz CT molecular complexity index is 1090. The Morgan fingerprint density at radius 2 is 1.97 bits per heavy atom. The molecule has 0 spiro atoms. The van der Waals surface area contributed by atoms with Crippen molar-refractivity contribution in [2.24, 2.45) is 23.2 Å². The van der Waals surface area contributed by atoms with Gasteiger partial charge in [0, 0.05) is 18.3 Å². The maximum absolute atomic E-state index is 11.2. The summed E-state index contributed by atoms with van der Waals surface area (Å²) in [7, 11) is 0. The van der Waals surface area contributed by atoms with E-state index in [9.17, 15) is 15.3 Å². The molecule has 0 bridgehead atoms. The number of H-pyrrole nitrogens is 1. The first-order valence-electron chi connectivity index (χ1n) is 14.5. The number of nitrogens with one attached hydrogen (secondary N) is 1. The monoisotopic (exact) mass is 506 g/mol. The number of aliphatic hydroxyl groups is 3. The number of aromatic nitrogens is 2. The van der Waals surface area contributed by atoms with Crippen LogP contribution in [-0.4, -0.2) is 43.6 Å². The molecule has 0 amide bonds. The summed E-state index contributed by atoms with van der Waals surface area (Å²) in [6, 6.07) is 0. The number of allylic oxidation sites excluding steroid dienone is 4. The van der Waals surface area contributed by atoms with Gasteiger partial charge in [-0.15, -0.1) is 0 Å². The standard InChI is InChI=1S/C32H46N2O3/c1-5-24-19-33-30(34-24)32(15-16-32)29(37)13-8-20(2)26-11-12-27-22(7-6-14-31(26,27)4)9-10-23-17-25(35)18-28(36)21(23)3/h8-10,13,19-20,25-29,35-37H,3,5-7,11-12,14-18H2,1-2,4H3,(H,33,34)/t20-,25-,26-,27+,28+,29-,31-/m1/s1. The number of hydrogen-bond acceptors (Lipinski definition) is 4. The Morgan fingerprint density at radius 3 is 2.68 bits per heavy atom. The fraction of sp³-hybridized carbons (Fsp3) is 0.656. The first kappa shape index (κ1) is 26.6. The van der Waals surface area contributed by atoms with Gasteiger partial charge in [-0.1, -0.05) is 57.2 Å². The average molecular weight is 507 g/mol. The van der Waals surface area contributed by atoms with E-state index in [4.69, 9.17) is 0 Å². The first-order valence-corrected chi connectivity index (χ1v) is 14.5. The van der Waals surface area contributed by atoms with Crippen molar-refractivity contribution in [2.75, 3.05) is 0 Å². The van der Waals surface area contributed by atoms with Gasteiger partial charge in [0.2, 0.25) is 0 Å². The number of imidazole rings is 1. The summed E-state index contributed by atoms with van der Waals surface area (Å²) >= 11 is 0. The SMILES string of the molecule is C=C1C(=CC=C2CCC[C@]3(C)[C@@H]([C@H](C)C=C[C@@H](O)C4(c5ncc(CC)[nH]5)CC4)CC[C@@H]23)C[C@@H](O)C[C@@H]1O. The Morgan fingerprint density at radius 1 is 1.19 bits per heavy atom. The van der Waals surface area contributed by atoms with Gasteiger partial charge < -0.3 is 20.3 Å². The number of fused-ring (bicyclic) bond motifs is 1. The highest BCUT2D eigenvalue weighted by Gasteiger charge is 2.53. The second-order valence-corrected chi connectivity index (χ2v) is 12.6. The van der Waals surface area contributed by atoms with Crippen LogP contribution in [0, 0.1) is 23.2 Å². The van der Waals surface area contributed by atoms with E-state index < -0.39 is 18.3 Å². The molecule has 4 N–H and O–H groups in total. The van der Waals surface area contributed by atoms with E-state index in [1.165, 1.54) is 31.3 Å². The van der Waals surface area contributed by atoms with Crippen LogP contribution in [0.25, 0.3) is 0 Å². The zero-order chi connectivity index (χ0) is 26.4. The van der Waals surface area contributed by atoms with Gasteiger partial charge in [0.1, 0.15) is 5.82 Å². The van der Waals surface area contributed by atoms with Gasteiger partial charge in [-0.05, 0) is 92.1 Å². The van der Waals surface area contributed by atoms with Crippen molar-refractivity contribution < 1.29 is 15.3 Å². The molecule has 0 aliphatic heterocycles. The lowest BCUT2D eigenvalue weighted by atomic mass is 9.61. The number of hydrogen-bond donors (Lipinski definition) is 4. The highest BCUT2D eigenvalue weighted by molar-refractivity contribution is 5.38. The highest BCUT2D eigenvalue weighted by Crippen LogP contribution is 2.59. The lowest BCUT2D eigenvalue weighted by molar-refractivity contribution is 0.0862. The van der Waals surface area contributed by atoms with Crippen molar-refractivity contribution in [2.45, 2.75) is 109 Å².